The summed E-state index contributed by atoms with van der Waals surface area (Å²) in [5.74, 6) is 1.00. The van der Waals surface area contributed by atoms with Gasteiger partial charge in [-0.3, -0.25) is 0 Å². The smallest absolute Gasteiger partial charge is 0.230 e. The summed E-state index contributed by atoms with van der Waals surface area (Å²) in [6, 6.07) is 11.6. The van der Waals surface area contributed by atoms with E-state index in [9.17, 15) is 0 Å². The summed E-state index contributed by atoms with van der Waals surface area (Å²) in [5.41, 5.74) is 1.69. The summed E-state index contributed by atoms with van der Waals surface area (Å²) < 4.78 is 10.3. The van der Waals surface area contributed by atoms with Gasteiger partial charge in [-0.05, 0) is 0 Å². The van der Waals surface area contributed by atoms with Crippen molar-refractivity contribution in [2.24, 2.45) is 0 Å². The zero-order valence-corrected chi connectivity index (χ0v) is 9.91. The molecule has 1 aliphatic heterocycles. The minimum absolute atomic E-state index is 0.144. The molecule has 5 heteroatoms. The first-order valence-electron chi connectivity index (χ1n) is 5.66. The highest BCUT2D eigenvalue weighted by molar-refractivity contribution is 5.65. The van der Waals surface area contributed by atoms with Crippen LogP contribution in [0.15, 0.2) is 42.8 Å². The van der Waals surface area contributed by atoms with Crippen LogP contribution in [0.1, 0.15) is 11.3 Å². The van der Waals surface area contributed by atoms with Crippen LogP contribution in [-0.2, 0) is 9.47 Å². The Labute approximate surface area is 109 Å². The predicted octanol–water partition coefficient (Wildman–Crippen LogP) is 2.32. The zero-order chi connectivity index (χ0) is 13.1. The van der Waals surface area contributed by atoms with Gasteiger partial charge in [0.2, 0.25) is 6.79 Å². The minimum Gasteiger partial charge on any atom is -0.461 e. The van der Waals surface area contributed by atoms with E-state index in [2.05, 4.69) is 9.97 Å². The number of rotatable bonds is 2. The largest absolute Gasteiger partial charge is 0.461 e. The monoisotopic (exact) mass is 251 g/mol. The van der Waals surface area contributed by atoms with Gasteiger partial charge in [-0.25, -0.2) is 9.97 Å². The highest BCUT2D eigenvalue weighted by atomic mass is 16.7. The van der Waals surface area contributed by atoms with Crippen LogP contribution >= 0.6 is 0 Å². The Morgan fingerprint density at radius 3 is 2.74 bits per heavy atom. The van der Waals surface area contributed by atoms with Gasteiger partial charge in [0.25, 0.3) is 0 Å². The first-order valence-corrected chi connectivity index (χ1v) is 5.66. The number of ether oxygens (including phenoxy) is 2. The van der Waals surface area contributed by atoms with Crippen LogP contribution in [0, 0.1) is 11.3 Å². The molecule has 1 aromatic heterocycles. The van der Waals surface area contributed by atoms with Crippen LogP contribution in [0.25, 0.3) is 17.1 Å². The van der Waals surface area contributed by atoms with Crippen molar-refractivity contribution in [1.29, 1.82) is 5.26 Å². The Balaban J connectivity index is 2.10. The van der Waals surface area contributed by atoms with Crippen LogP contribution in [0.4, 0.5) is 0 Å². The molecule has 0 aliphatic carbocycles. The summed E-state index contributed by atoms with van der Waals surface area (Å²) in [6.45, 7) is 0.144. The molecule has 0 amide bonds. The molecule has 0 unspecified atom stereocenters. The summed E-state index contributed by atoms with van der Waals surface area (Å²) in [5, 5.41) is 9.09. The number of benzene rings is 1. The number of hydrogen-bond acceptors (Lipinski definition) is 5. The molecule has 1 aliphatic rings. The highest BCUT2D eigenvalue weighted by Gasteiger charge is 2.17. The van der Waals surface area contributed by atoms with E-state index in [-0.39, 0.29) is 6.79 Å². The highest BCUT2D eigenvalue weighted by Crippen LogP contribution is 2.24. The van der Waals surface area contributed by atoms with Gasteiger partial charge in [0.15, 0.2) is 11.6 Å². The number of aromatic nitrogens is 2. The summed E-state index contributed by atoms with van der Waals surface area (Å²) in [4.78, 5) is 8.58. The SMILES string of the molecule is N#Cc1cnc(-c2ccccc2)nc1C1=COCO1. The summed E-state index contributed by atoms with van der Waals surface area (Å²) in [7, 11) is 0. The Bertz CT molecular complexity index is 675. The maximum absolute atomic E-state index is 9.09. The van der Waals surface area contributed by atoms with Gasteiger partial charge in [-0.15, -0.1) is 0 Å². The fourth-order valence-corrected chi connectivity index (χ4v) is 1.74. The van der Waals surface area contributed by atoms with Gasteiger partial charge in [-0.1, -0.05) is 30.3 Å². The summed E-state index contributed by atoms with van der Waals surface area (Å²) in [6.07, 6.45) is 2.95. The Morgan fingerprint density at radius 1 is 1.21 bits per heavy atom. The number of hydrogen-bond donors (Lipinski definition) is 0. The minimum atomic E-state index is 0.144. The van der Waals surface area contributed by atoms with E-state index < -0.39 is 0 Å². The van der Waals surface area contributed by atoms with Crippen molar-refractivity contribution in [3.8, 4) is 17.5 Å². The molecule has 0 radical (unpaired) electrons. The van der Waals surface area contributed by atoms with Crippen LogP contribution in [0.3, 0.4) is 0 Å². The maximum Gasteiger partial charge on any atom is 0.230 e. The second kappa shape index (κ2) is 4.78. The van der Waals surface area contributed by atoms with Crippen LogP contribution in [0.2, 0.25) is 0 Å². The molecular weight excluding hydrogens is 242 g/mol. The van der Waals surface area contributed by atoms with Crippen molar-refractivity contribution in [1.82, 2.24) is 9.97 Å². The van der Waals surface area contributed by atoms with Crippen molar-refractivity contribution >= 4 is 5.76 Å². The molecule has 0 spiro atoms. The van der Waals surface area contributed by atoms with Crippen molar-refractivity contribution in [3.63, 3.8) is 0 Å². The maximum atomic E-state index is 9.09. The van der Waals surface area contributed by atoms with Crippen LogP contribution < -0.4 is 0 Å². The molecule has 1 aromatic carbocycles. The predicted molar refractivity (Wildman–Crippen MR) is 67.2 cm³/mol. The topological polar surface area (TPSA) is 68.0 Å². The van der Waals surface area contributed by atoms with E-state index >= 15 is 0 Å². The zero-order valence-electron chi connectivity index (χ0n) is 9.91. The van der Waals surface area contributed by atoms with E-state index in [1.54, 1.807) is 0 Å². The first-order chi connectivity index (χ1) is 9.38. The second-order valence-electron chi connectivity index (χ2n) is 3.84. The normalized spacial score (nSPS) is 13.1. The molecule has 2 heterocycles. The van der Waals surface area contributed by atoms with Gasteiger partial charge >= 0.3 is 0 Å². The molecule has 3 rings (SSSR count). The average molecular weight is 251 g/mol. The molecule has 0 N–H and O–H groups in total. The number of nitriles is 1. The third-order valence-electron chi connectivity index (χ3n) is 2.65. The fourth-order valence-electron chi connectivity index (χ4n) is 1.74. The van der Waals surface area contributed by atoms with Crippen molar-refractivity contribution in [2.75, 3.05) is 6.79 Å². The lowest BCUT2D eigenvalue weighted by atomic mass is 10.2. The molecule has 0 atom stereocenters. The molecule has 92 valence electrons. The third-order valence-corrected chi connectivity index (χ3v) is 2.65. The molecule has 0 fully saturated rings. The first kappa shape index (κ1) is 11.2. The molecular formula is C14H9N3O2. The van der Waals surface area contributed by atoms with Crippen molar-refractivity contribution in [3.05, 3.63) is 54.0 Å². The standard InChI is InChI=1S/C14H9N3O2/c15-6-11-7-16-14(10-4-2-1-3-5-10)17-13(11)12-8-18-9-19-12/h1-5,7-8H,9H2. The molecule has 19 heavy (non-hydrogen) atoms. The van der Waals surface area contributed by atoms with E-state index in [0.29, 0.717) is 22.8 Å². The van der Waals surface area contributed by atoms with Crippen molar-refractivity contribution in [2.45, 2.75) is 0 Å². The Morgan fingerprint density at radius 2 is 2.05 bits per heavy atom. The van der Waals surface area contributed by atoms with E-state index in [0.717, 1.165) is 5.56 Å². The molecule has 0 saturated carbocycles. The molecule has 2 aromatic rings. The quantitative estimate of drug-likeness (QED) is 0.819. The van der Waals surface area contributed by atoms with Gasteiger partial charge in [0, 0.05) is 11.8 Å². The third kappa shape index (κ3) is 2.11. The molecule has 5 nitrogen and oxygen atoms in total. The van der Waals surface area contributed by atoms with Gasteiger partial charge in [0.05, 0.1) is 0 Å². The van der Waals surface area contributed by atoms with Gasteiger partial charge < -0.3 is 9.47 Å². The molecule has 0 bridgehead atoms. The van der Waals surface area contributed by atoms with E-state index in [1.165, 1.54) is 12.5 Å². The van der Waals surface area contributed by atoms with E-state index in [1.807, 2.05) is 36.4 Å². The fraction of sp³-hybridized carbons (Fsp3) is 0.0714. The number of nitrogens with zero attached hydrogens (tertiary/aromatic N) is 3. The van der Waals surface area contributed by atoms with Gasteiger partial charge in [-0.2, -0.15) is 5.26 Å². The lowest BCUT2D eigenvalue weighted by Crippen LogP contribution is -1.99. The lowest BCUT2D eigenvalue weighted by Gasteiger charge is -2.05. The second-order valence-corrected chi connectivity index (χ2v) is 3.84. The van der Waals surface area contributed by atoms with Gasteiger partial charge in [0.1, 0.15) is 23.6 Å². The lowest BCUT2D eigenvalue weighted by molar-refractivity contribution is 0.100. The van der Waals surface area contributed by atoms with Crippen molar-refractivity contribution < 1.29 is 9.47 Å². The summed E-state index contributed by atoms with van der Waals surface area (Å²) >= 11 is 0. The molecule has 0 saturated heterocycles. The van der Waals surface area contributed by atoms with Crippen LogP contribution in [-0.4, -0.2) is 16.8 Å². The van der Waals surface area contributed by atoms with E-state index in [4.69, 9.17) is 14.7 Å². The Kier molecular flexibility index (Phi) is 2.83. The Hall–Kier alpha value is -2.87. The average Bonchev–Trinajstić information content (AvgIpc) is 3.01. The van der Waals surface area contributed by atoms with Crippen LogP contribution in [0.5, 0.6) is 0 Å².